The Bertz CT molecular complexity index is 1870. The second-order valence-electron chi connectivity index (χ2n) is 9.08. The molecular formula is C29H21N5O2S. The minimum Gasteiger partial charge on any atom is -0.490 e. The van der Waals surface area contributed by atoms with E-state index in [1.54, 1.807) is 0 Å². The van der Waals surface area contributed by atoms with Gasteiger partial charge in [-0.1, -0.05) is 59.9 Å². The molecule has 1 unspecified atom stereocenters. The molecule has 180 valence electrons. The van der Waals surface area contributed by atoms with Crippen molar-refractivity contribution in [3.05, 3.63) is 111 Å². The average molecular weight is 504 g/mol. The lowest BCUT2D eigenvalue weighted by atomic mass is 10.0. The number of para-hydroxylation sites is 1. The molecule has 4 heterocycles. The molecule has 0 aliphatic carbocycles. The van der Waals surface area contributed by atoms with E-state index in [2.05, 4.69) is 23.1 Å². The van der Waals surface area contributed by atoms with Crippen LogP contribution in [0.2, 0.25) is 0 Å². The lowest BCUT2D eigenvalue weighted by Gasteiger charge is -2.04. The highest BCUT2D eigenvalue weighted by Crippen LogP contribution is 2.34. The summed E-state index contributed by atoms with van der Waals surface area (Å²) in [6.45, 7) is 2.07. The Balaban J connectivity index is 1.37. The van der Waals surface area contributed by atoms with Crippen LogP contribution >= 0.6 is 11.3 Å². The van der Waals surface area contributed by atoms with Crippen molar-refractivity contribution in [2.75, 3.05) is 0 Å². The Morgan fingerprint density at radius 1 is 0.973 bits per heavy atom. The largest absolute Gasteiger partial charge is 0.490 e. The number of rotatable bonds is 4. The Labute approximate surface area is 215 Å². The maximum atomic E-state index is 13.3. The van der Waals surface area contributed by atoms with Gasteiger partial charge < -0.3 is 4.74 Å². The van der Waals surface area contributed by atoms with Crippen LogP contribution in [0.3, 0.4) is 0 Å². The molecule has 0 radical (unpaired) electrons. The number of aromatic nitrogens is 5. The monoisotopic (exact) mass is 503 g/mol. The van der Waals surface area contributed by atoms with Crippen molar-refractivity contribution < 1.29 is 4.74 Å². The molecule has 8 heteroatoms. The van der Waals surface area contributed by atoms with Gasteiger partial charge in [-0.25, -0.2) is 4.68 Å². The summed E-state index contributed by atoms with van der Waals surface area (Å²) in [5.41, 5.74) is 5.43. The molecule has 0 saturated heterocycles. The molecule has 0 bridgehead atoms. The van der Waals surface area contributed by atoms with Crippen LogP contribution < -0.4 is 14.8 Å². The van der Waals surface area contributed by atoms with Gasteiger partial charge in [0.2, 0.25) is 4.96 Å². The highest BCUT2D eigenvalue weighted by atomic mass is 32.1. The molecule has 6 aromatic rings. The predicted molar refractivity (Wildman–Crippen MR) is 144 cm³/mol. The van der Waals surface area contributed by atoms with E-state index in [0.717, 1.165) is 40.2 Å². The Morgan fingerprint density at radius 3 is 2.54 bits per heavy atom. The number of thiazole rings is 1. The molecule has 1 aliphatic heterocycles. The summed E-state index contributed by atoms with van der Waals surface area (Å²) >= 11 is 1.33. The SMILES string of the molecule is CC1Cc2cc(-c3nn(-c4ccccc4)cc3C=c3sc4nc(-c5ccccc5)nn4c3=O)ccc2O1. The van der Waals surface area contributed by atoms with Crippen LogP contribution in [0.4, 0.5) is 0 Å². The fourth-order valence-electron chi connectivity index (χ4n) is 4.68. The van der Waals surface area contributed by atoms with Gasteiger partial charge in [0.15, 0.2) is 5.82 Å². The zero-order chi connectivity index (χ0) is 24.9. The van der Waals surface area contributed by atoms with E-state index < -0.39 is 0 Å². The summed E-state index contributed by atoms with van der Waals surface area (Å²) in [5.74, 6) is 1.47. The minimum absolute atomic E-state index is 0.164. The Morgan fingerprint density at radius 2 is 1.76 bits per heavy atom. The van der Waals surface area contributed by atoms with Crippen molar-refractivity contribution in [1.29, 1.82) is 0 Å². The van der Waals surface area contributed by atoms with E-state index in [0.29, 0.717) is 15.3 Å². The third-order valence-corrected chi connectivity index (χ3v) is 7.39. The smallest absolute Gasteiger partial charge is 0.291 e. The highest BCUT2D eigenvalue weighted by molar-refractivity contribution is 7.15. The first kappa shape index (κ1) is 21.7. The van der Waals surface area contributed by atoms with Gasteiger partial charge in [-0.2, -0.15) is 14.6 Å². The quantitative estimate of drug-likeness (QED) is 0.353. The van der Waals surface area contributed by atoms with E-state index in [1.165, 1.54) is 21.4 Å². The van der Waals surface area contributed by atoms with Crippen molar-refractivity contribution >= 4 is 22.4 Å². The maximum absolute atomic E-state index is 13.3. The highest BCUT2D eigenvalue weighted by Gasteiger charge is 2.21. The van der Waals surface area contributed by atoms with Crippen LogP contribution in [0.25, 0.3) is 39.4 Å². The lowest BCUT2D eigenvalue weighted by Crippen LogP contribution is -2.23. The van der Waals surface area contributed by atoms with Crippen LogP contribution in [0.15, 0.2) is 89.9 Å². The number of fused-ring (bicyclic) bond motifs is 2. The second-order valence-corrected chi connectivity index (χ2v) is 10.1. The van der Waals surface area contributed by atoms with Crippen LogP contribution in [0, 0.1) is 0 Å². The van der Waals surface area contributed by atoms with Crippen LogP contribution in [-0.2, 0) is 6.42 Å². The fraction of sp³-hybridized carbons (Fsp3) is 0.103. The van der Waals surface area contributed by atoms with Crippen LogP contribution in [0.1, 0.15) is 18.1 Å². The van der Waals surface area contributed by atoms with E-state index in [9.17, 15) is 4.79 Å². The molecule has 0 saturated carbocycles. The molecule has 1 aliphatic rings. The zero-order valence-corrected chi connectivity index (χ0v) is 20.7. The molecule has 3 aromatic heterocycles. The van der Waals surface area contributed by atoms with E-state index >= 15 is 0 Å². The van der Waals surface area contributed by atoms with Gasteiger partial charge in [0, 0.05) is 29.3 Å². The minimum atomic E-state index is -0.190. The van der Waals surface area contributed by atoms with Gasteiger partial charge in [0.05, 0.1) is 10.2 Å². The van der Waals surface area contributed by atoms with Crippen molar-refractivity contribution in [2.45, 2.75) is 19.4 Å². The lowest BCUT2D eigenvalue weighted by molar-refractivity contribution is 0.254. The number of ether oxygens (including phenoxy) is 1. The topological polar surface area (TPSA) is 74.3 Å². The van der Waals surface area contributed by atoms with Crippen LogP contribution in [-0.4, -0.2) is 30.5 Å². The zero-order valence-electron chi connectivity index (χ0n) is 19.9. The molecule has 0 amide bonds. The van der Waals surface area contributed by atoms with Crippen molar-refractivity contribution in [3.63, 3.8) is 0 Å². The third kappa shape index (κ3) is 3.82. The summed E-state index contributed by atoms with van der Waals surface area (Å²) in [4.78, 5) is 18.5. The summed E-state index contributed by atoms with van der Waals surface area (Å²) in [6, 6.07) is 25.8. The summed E-state index contributed by atoms with van der Waals surface area (Å²) in [5, 5.41) is 9.40. The van der Waals surface area contributed by atoms with Gasteiger partial charge in [-0.05, 0) is 48.9 Å². The molecule has 37 heavy (non-hydrogen) atoms. The van der Waals surface area contributed by atoms with Crippen molar-refractivity contribution in [3.8, 4) is 34.1 Å². The first-order chi connectivity index (χ1) is 18.1. The number of hydrogen-bond acceptors (Lipinski definition) is 6. The Kier molecular flexibility index (Phi) is 5.00. The number of hydrogen-bond donors (Lipinski definition) is 0. The summed E-state index contributed by atoms with van der Waals surface area (Å²) < 4.78 is 9.68. The molecule has 3 aromatic carbocycles. The summed E-state index contributed by atoms with van der Waals surface area (Å²) in [6.07, 6.45) is 4.88. The molecule has 7 nitrogen and oxygen atoms in total. The van der Waals surface area contributed by atoms with E-state index in [1.807, 2.05) is 89.8 Å². The van der Waals surface area contributed by atoms with Crippen LogP contribution in [0.5, 0.6) is 5.75 Å². The molecule has 0 spiro atoms. The van der Waals surface area contributed by atoms with Crippen molar-refractivity contribution in [2.24, 2.45) is 0 Å². The third-order valence-electron chi connectivity index (χ3n) is 6.43. The van der Waals surface area contributed by atoms with E-state index in [-0.39, 0.29) is 11.7 Å². The first-order valence-electron chi connectivity index (χ1n) is 12.0. The van der Waals surface area contributed by atoms with Gasteiger partial charge >= 0.3 is 0 Å². The molecule has 0 fully saturated rings. The maximum Gasteiger partial charge on any atom is 0.291 e. The van der Waals surface area contributed by atoms with E-state index in [4.69, 9.17) is 9.84 Å². The molecule has 1 atom stereocenters. The molecular weight excluding hydrogens is 482 g/mol. The first-order valence-corrected chi connectivity index (χ1v) is 12.9. The number of benzene rings is 3. The van der Waals surface area contributed by atoms with Gasteiger partial charge in [-0.15, -0.1) is 5.10 Å². The second kappa shape index (κ2) is 8.53. The molecule has 7 rings (SSSR count). The van der Waals surface area contributed by atoms with Gasteiger partial charge in [0.1, 0.15) is 17.5 Å². The predicted octanol–water partition coefficient (Wildman–Crippen LogP) is 4.54. The Hall–Kier alpha value is -4.56. The van der Waals surface area contributed by atoms with Gasteiger partial charge in [-0.3, -0.25) is 4.79 Å². The average Bonchev–Trinajstić information content (AvgIpc) is 3.69. The standard InChI is InChI=1S/C29H21N5O2S/c1-18-14-21-15-20(12-13-24(21)36-18)26-22(17-33(31-26)23-10-6-3-7-11-23)16-25-28(35)34-29(37-25)30-27(32-34)19-8-4-2-5-9-19/h2-13,15-18H,14H2,1H3. The fourth-order valence-corrected chi connectivity index (χ4v) is 5.58. The normalized spacial score (nSPS) is 15.3. The molecule has 0 N–H and O–H groups in total. The van der Waals surface area contributed by atoms with Crippen molar-refractivity contribution in [1.82, 2.24) is 24.4 Å². The number of nitrogens with zero attached hydrogens (tertiary/aromatic N) is 5. The summed E-state index contributed by atoms with van der Waals surface area (Å²) in [7, 11) is 0. The van der Waals surface area contributed by atoms with Gasteiger partial charge in [0.25, 0.3) is 5.56 Å².